The van der Waals surface area contributed by atoms with Crippen LogP contribution in [0.1, 0.15) is 16.1 Å². The molecule has 0 spiro atoms. The van der Waals surface area contributed by atoms with Gasteiger partial charge in [-0.25, -0.2) is 18.1 Å². The summed E-state index contributed by atoms with van der Waals surface area (Å²) >= 11 is 1.36. The molecule has 0 bridgehead atoms. The summed E-state index contributed by atoms with van der Waals surface area (Å²) in [7, 11) is -3.86. The number of benzene rings is 1. The molecule has 0 radical (unpaired) electrons. The SMILES string of the molecule is Cc1ccc(S(=O)(=O)NC(=O)C=Cc2nccs2)cc1C. The number of sulfonamides is 1. The van der Waals surface area contributed by atoms with Crippen LogP contribution in [0.2, 0.25) is 0 Å². The van der Waals surface area contributed by atoms with Crippen molar-refractivity contribution in [2.24, 2.45) is 0 Å². The number of thiazole rings is 1. The summed E-state index contributed by atoms with van der Waals surface area (Å²) in [5, 5.41) is 2.40. The Morgan fingerprint density at radius 3 is 2.67 bits per heavy atom. The first-order chi connectivity index (χ1) is 9.88. The lowest BCUT2D eigenvalue weighted by Crippen LogP contribution is -2.29. The molecule has 2 rings (SSSR count). The molecule has 1 amide bonds. The number of rotatable bonds is 4. The van der Waals surface area contributed by atoms with E-state index in [9.17, 15) is 13.2 Å². The molecule has 0 atom stereocenters. The molecule has 0 saturated carbocycles. The largest absolute Gasteiger partial charge is 0.269 e. The number of aryl methyl sites for hydroxylation is 2. The number of amides is 1. The summed E-state index contributed by atoms with van der Waals surface area (Å²) in [5.41, 5.74) is 1.84. The fourth-order valence-corrected chi connectivity index (χ4v) is 3.13. The van der Waals surface area contributed by atoms with Crippen molar-refractivity contribution >= 4 is 33.3 Å². The van der Waals surface area contributed by atoms with Crippen molar-refractivity contribution in [2.45, 2.75) is 18.7 Å². The van der Waals surface area contributed by atoms with Gasteiger partial charge < -0.3 is 0 Å². The predicted octanol–water partition coefficient (Wildman–Crippen LogP) is 2.28. The molecule has 5 nitrogen and oxygen atoms in total. The summed E-state index contributed by atoms with van der Waals surface area (Å²) in [6.07, 6.45) is 4.22. The van der Waals surface area contributed by atoms with Crippen LogP contribution in [0.15, 0.2) is 40.7 Å². The lowest BCUT2D eigenvalue weighted by atomic mass is 10.1. The summed E-state index contributed by atoms with van der Waals surface area (Å²) < 4.78 is 26.2. The molecule has 0 fully saturated rings. The molecule has 0 saturated heterocycles. The Morgan fingerprint density at radius 2 is 2.05 bits per heavy atom. The Balaban J connectivity index is 2.13. The highest BCUT2D eigenvalue weighted by Gasteiger charge is 2.16. The average Bonchev–Trinajstić information content (AvgIpc) is 2.92. The molecule has 0 unspecified atom stereocenters. The minimum Gasteiger partial charge on any atom is -0.269 e. The van der Waals surface area contributed by atoms with Crippen LogP contribution < -0.4 is 4.72 Å². The van der Waals surface area contributed by atoms with E-state index in [0.717, 1.165) is 17.2 Å². The number of carbonyl (C=O) groups excluding carboxylic acids is 1. The number of nitrogens with one attached hydrogen (secondary N) is 1. The van der Waals surface area contributed by atoms with Crippen molar-refractivity contribution in [3.63, 3.8) is 0 Å². The average molecular weight is 322 g/mol. The van der Waals surface area contributed by atoms with Gasteiger partial charge in [-0.1, -0.05) is 6.07 Å². The van der Waals surface area contributed by atoms with E-state index in [2.05, 4.69) is 4.98 Å². The highest BCUT2D eigenvalue weighted by Crippen LogP contribution is 2.14. The van der Waals surface area contributed by atoms with Gasteiger partial charge in [-0.2, -0.15) is 0 Å². The highest BCUT2D eigenvalue weighted by molar-refractivity contribution is 7.90. The van der Waals surface area contributed by atoms with Crippen molar-refractivity contribution in [1.82, 2.24) is 9.71 Å². The minimum absolute atomic E-state index is 0.0709. The van der Waals surface area contributed by atoms with Gasteiger partial charge in [0.1, 0.15) is 5.01 Å². The first-order valence-corrected chi connectivity index (χ1v) is 8.46. The number of hydrogen-bond donors (Lipinski definition) is 1. The number of nitrogens with zero attached hydrogens (tertiary/aromatic N) is 1. The number of hydrogen-bond acceptors (Lipinski definition) is 5. The molecule has 0 aliphatic carbocycles. The summed E-state index contributed by atoms with van der Waals surface area (Å²) in [4.78, 5) is 15.7. The maximum atomic E-state index is 12.1. The Kier molecular flexibility index (Phi) is 4.54. The summed E-state index contributed by atoms with van der Waals surface area (Å²) in [5.74, 6) is -0.705. The number of carbonyl (C=O) groups is 1. The van der Waals surface area contributed by atoms with Crippen LogP contribution in [-0.2, 0) is 14.8 Å². The molecule has 0 aliphatic heterocycles. The Morgan fingerprint density at radius 1 is 1.29 bits per heavy atom. The van der Waals surface area contributed by atoms with Gasteiger partial charge >= 0.3 is 0 Å². The Hall–Kier alpha value is -1.99. The van der Waals surface area contributed by atoms with Gasteiger partial charge in [-0.3, -0.25) is 4.79 Å². The van der Waals surface area contributed by atoms with Crippen molar-refractivity contribution in [3.05, 3.63) is 52.0 Å². The second-order valence-electron chi connectivity index (χ2n) is 4.42. The van der Waals surface area contributed by atoms with E-state index in [1.807, 2.05) is 18.6 Å². The molecule has 1 aromatic heterocycles. The van der Waals surface area contributed by atoms with Crippen LogP contribution in [-0.4, -0.2) is 19.3 Å². The maximum absolute atomic E-state index is 12.1. The Bertz CT molecular complexity index is 779. The molecular weight excluding hydrogens is 308 g/mol. The fraction of sp³-hybridized carbons (Fsp3) is 0.143. The lowest BCUT2D eigenvalue weighted by Gasteiger charge is -2.07. The topological polar surface area (TPSA) is 76.1 Å². The van der Waals surface area contributed by atoms with Crippen LogP contribution >= 0.6 is 11.3 Å². The predicted molar refractivity (Wildman–Crippen MR) is 82.4 cm³/mol. The van der Waals surface area contributed by atoms with E-state index in [0.29, 0.717) is 5.01 Å². The zero-order valence-corrected chi connectivity index (χ0v) is 13.2. The third-order valence-corrected chi connectivity index (χ3v) is 4.94. The fourth-order valence-electron chi connectivity index (χ4n) is 1.57. The van der Waals surface area contributed by atoms with E-state index in [1.54, 1.807) is 17.6 Å². The van der Waals surface area contributed by atoms with Gasteiger partial charge in [0.2, 0.25) is 0 Å². The monoisotopic (exact) mass is 322 g/mol. The second kappa shape index (κ2) is 6.19. The van der Waals surface area contributed by atoms with E-state index < -0.39 is 15.9 Å². The first kappa shape index (κ1) is 15.4. The third-order valence-electron chi connectivity index (χ3n) is 2.85. The van der Waals surface area contributed by atoms with Crippen molar-refractivity contribution in [2.75, 3.05) is 0 Å². The molecular formula is C14H14N2O3S2. The standard InChI is InChI=1S/C14H14N2O3S2/c1-10-3-4-12(9-11(10)2)21(18,19)16-13(17)5-6-14-15-7-8-20-14/h3-9H,1-2H3,(H,16,17). The van der Waals surface area contributed by atoms with Crippen LogP contribution in [0.4, 0.5) is 0 Å². The van der Waals surface area contributed by atoms with E-state index >= 15 is 0 Å². The van der Waals surface area contributed by atoms with Crippen LogP contribution in [0.3, 0.4) is 0 Å². The first-order valence-electron chi connectivity index (χ1n) is 6.10. The van der Waals surface area contributed by atoms with Gasteiger partial charge in [0.05, 0.1) is 4.90 Å². The van der Waals surface area contributed by atoms with Crippen molar-refractivity contribution < 1.29 is 13.2 Å². The van der Waals surface area contributed by atoms with E-state index in [1.165, 1.54) is 29.5 Å². The number of aromatic nitrogens is 1. The summed E-state index contributed by atoms with van der Waals surface area (Å²) in [6, 6.07) is 4.72. The molecule has 2 aromatic rings. The molecule has 110 valence electrons. The van der Waals surface area contributed by atoms with Gasteiger partial charge in [0, 0.05) is 17.7 Å². The van der Waals surface area contributed by atoms with E-state index in [4.69, 9.17) is 0 Å². The summed E-state index contributed by atoms with van der Waals surface area (Å²) in [6.45, 7) is 3.71. The molecule has 21 heavy (non-hydrogen) atoms. The second-order valence-corrected chi connectivity index (χ2v) is 7.03. The van der Waals surface area contributed by atoms with Gasteiger partial charge in [-0.15, -0.1) is 11.3 Å². The van der Waals surface area contributed by atoms with E-state index in [-0.39, 0.29) is 4.90 Å². The highest BCUT2D eigenvalue weighted by atomic mass is 32.2. The van der Waals surface area contributed by atoms with Gasteiger partial charge in [0.15, 0.2) is 0 Å². The smallest absolute Gasteiger partial charge is 0.264 e. The molecule has 0 aliphatic rings. The normalized spacial score (nSPS) is 11.7. The van der Waals surface area contributed by atoms with Crippen molar-refractivity contribution in [1.29, 1.82) is 0 Å². The zero-order valence-electron chi connectivity index (χ0n) is 11.5. The zero-order chi connectivity index (χ0) is 15.5. The quantitative estimate of drug-likeness (QED) is 0.876. The molecule has 7 heteroatoms. The lowest BCUT2D eigenvalue weighted by molar-refractivity contribution is -0.114. The van der Waals surface area contributed by atoms with Crippen molar-refractivity contribution in [3.8, 4) is 0 Å². The van der Waals surface area contributed by atoms with Crippen LogP contribution in [0, 0.1) is 13.8 Å². The maximum Gasteiger partial charge on any atom is 0.264 e. The third kappa shape index (κ3) is 3.99. The van der Waals surface area contributed by atoms with Gasteiger partial charge in [0.25, 0.3) is 15.9 Å². The van der Waals surface area contributed by atoms with Crippen LogP contribution in [0.5, 0.6) is 0 Å². The van der Waals surface area contributed by atoms with Crippen LogP contribution in [0.25, 0.3) is 6.08 Å². The molecule has 1 N–H and O–H groups in total. The Labute approximate surface area is 127 Å². The minimum atomic E-state index is -3.86. The molecule has 1 heterocycles. The van der Waals surface area contributed by atoms with Gasteiger partial charge in [-0.05, 0) is 43.2 Å². The molecule has 1 aromatic carbocycles.